The molecule has 0 aliphatic carbocycles. The number of ether oxygens (including phenoxy) is 1. The third-order valence-electron chi connectivity index (χ3n) is 3.57. The Morgan fingerprint density at radius 1 is 1.05 bits per heavy atom. The van der Waals surface area contributed by atoms with Crippen LogP contribution in [0.3, 0.4) is 0 Å². The molecule has 1 atom stereocenters. The Morgan fingerprint density at radius 2 is 1.64 bits per heavy atom. The monoisotopic (exact) mass is 310 g/mol. The molecule has 0 aliphatic rings. The maximum absolute atomic E-state index is 9.80. The van der Waals surface area contributed by atoms with E-state index < -0.39 is 6.29 Å². The average molecular weight is 310 g/mol. The standard InChI is InChI=1S/C19H34O3/c1-5-18(20)14-13-17(4)19(21)22-15-11-9-7-6-8-10-12-16(2)3/h5,13-14,16,19-21H,1,6-12,15H2,2-4H3/b17-13+,18-14+. The van der Waals surface area contributed by atoms with Crippen LogP contribution in [-0.2, 0) is 4.74 Å². The molecule has 0 saturated heterocycles. The minimum absolute atomic E-state index is 0.0732. The smallest absolute Gasteiger partial charge is 0.177 e. The molecular formula is C19H34O3. The molecule has 0 aliphatic heterocycles. The van der Waals surface area contributed by atoms with Crippen LogP contribution < -0.4 is 0 Å². The first-order chi connectivity index (χ1) is 10.5. The molecule has 22 heavy (non-hydrogen) atoms. The number of allylic oxidation sites excluding steroid dienone is 3. The van der Waals surface area contributed by atoms with E-state index in [9.17, 15) is 10.2 Å². The maximum Gasteiger partial charge on any atom is 0.177 e. The van der Waals surface area contributed by atoms with Crippen LogP contribution in [0.25, 0.3) is 0 Å². The van der Waals surface area contributed by atoms with Gasteiger partial charge in [-0.25, -0.2) is 0 Å². The number of aliphatic hydroxyl groups excluding tert-OH is 2. The fraction of sp³-hybridized carbons (Fsp3) is 0.684. The van der Waals surface area contributed by atoms with E-state index in [1.165, 1.54) is 44.3 Å². The number of aliphatic hydroxyl groups is 2. The van der Waals surface area contributed by atoms with Crippen molar-refractivity contribution >= 4 is 0 Å². The summed E-state index contributed by atoms with van der Waals surface area (Å²) >= 11 is 0. The van der Waals surface area contributed by atoms with E-state index in [4.69, 9.17) is 4.74 Å². The van der Waals surface area contributed by atoms with E-state index in [0.29, 0.717) is 12.2 Å². The van der Waals surface area contributed by atoms with Gasteiger partial charge in [-0.05, 0) is 37.0 Å². The minimum Gasteiger partial charge on any atom is -0.508 e. The Kier molecular flexibility index (Phi) is 12.9. The average Bonchev–Trinajstić information content (AvgIpc) is 2.49. The predicted molar refractivity (Wildman–Crippen MR) is 93.8 cm³/mol. The zero-order valence-corrected chi connectivity index (χ0v) is 14.6. The van der Waals surface area contributed by atoms with Gasteiger partial charge in [0.2, 0.25) is 0 Å². The van der Waals surface area contributed by atoms with Crippen molar-refractivity contribution in [2.75, 3.05) is 6.61 Å². The summed E-state index contributed by atoms with van der Waals surface area (Å²) in [5, 5.41) is 19.0. The fourth-order valence-corrected chi connectivity index (χ4v) is 2.06. The molecule has 1 unspecified atom stereocenters. The van der Waals surface area contributed by atoms with Gasteiger partial charge in [-0.1, -0.05) is 65.0 Å². The van der Waals surface area contributed by atoms with Gasteiger partial charge >= 0.3 is 0 Å². The summed E-state index contributed by atoms with van der Waals surface area (Å²) in [6, 6.07) is 0. The second-order valence-corrected chi connectivity index (χ2v) is 6.23. The van der Waals surface area contributed by atoms with Crippen molar-refractivity contribution in [1.29, 1.82) is 0 Å². The summed E-state index contributed by atoms with van der Waals surface area (Å²) in [5.41, 5.74) is 0.669. The Balaban J connectivity index is 3.60. The summed E-state index contributed by atoms with van der Waals surface area (Å²) in [7, 11) is 0. The molecule has 3 heteroatoms. The molecule has 0 radical (unpaired) electrons. The van der Waals surface area contributed by atoms with Gasteiger partial charge in [-0.2, -0.15) is 0 Å². The Labute approximate surface area is 136 Å². The highest BCUT2D eigenvalue weighted by atomic mass is 16.6. The van der Waals surface area contributed by atoms with Crippen molar-refractivity contribution in [1.82, 2.24) is 0 Å². The van der Waals surface area contributed by atoms with Gasteiger partial charge in [0.25, 0.3) is 0 Å². The van der Waals surface area contributed by atoms with Crippen LogP contribution in [0.4, 0.5) is 0 Å². The van der Waals surface area contributed by atoms with Gasteiger partial charge < -0.3 is 14.9 Å². The van der Waals surface area contributed by atoms with E-state index in [1.807, 2.05) is 0 Å². The normalized spacial score (nSPS) is 14.4. The number of hydrogen-bond acceptors (Lipinski definition) is 3. The van der Waals surface area contributed by atoms with Crippen LogP contribution in [-0.4, -0.2) is 23.1 Å². The van der Waals surface area contributed by atoms with E-state index in [-0.39, 0.29) is 5.76 Å². The quantitative estimate of drug-likeness (QED) is 0.210. The molecule has 0 aromatic heterocycles. The lowest BCUT2D eigenvalue weighted by molar-refractivity contribution is -0.0730. The second-order valence-electron chi connectivity index (χ2n) is 6.23. The molecule has 0 aromatic carbocycles. The lowest BCUT2D eigenvalue weighted by Crippen LogP contribution is -2.14. The summed E-state index contributed by atoms with van der Waals surface area (Å²) in [5.74, 6) is 0.887. The van der Waals surface area contributed by atoms with Crippen molar-refractivity contribution in [2.24, 2.45) is 5.92 Å². The molecule has 0 aromatic rings. The molecule has 2 N–H and O–H groups in total. The first-order valence-corrected chi connectivity index (χ1v) is 8.47. The van der Waals surface area contributed by atoms with Crippen LogP contribution in [0.2, 0.25) is 0 Å². The summed E-state index contributed by atoms with van der Waals surface area (Å²) in [4.78, 5) is 0. The Bertz CT molecular complexity index is 343. The zero-order chi connectivity index (χ0) is 16.8. The lowest BCUT2D eigenvalue weighted by atomic mass is 10.0. The van der Waals surface area contributed by atoms with Crippen LogP contribution >= 0.6 is 0 Å². The highest BCUT2D eigenvalue weighted by Crippen LogP contribution is 2.12. The van der Waals surface area contributed by atoms with Gasteiger partial charge in [0.1, 0.15) is 5.76 Å². The van der Waals surface area contributed by atoms with Gasteiger partial charge in [0.15, 0.2) is 6.29 Å². The van der Waals surface area contributed by atoms with Crippen LogP contribution in [0.1, 0.15) is 65.7 Å². The van der Waals surface area contributed by atoms with Crippen molar-refractivity contribution in [2.45, 2.75) is 72.0 Å². The first kappa shape index (κ1) is 20.9. The lowest BCUT2D eigenvalue weighted by Gasteiger charge is -2.12. The topological polar surface area (TPSA) is 49.7 Å². The van der Waals surface area contributed by atoms with Gasteiger partial charge in [-0.3, -0.25) is 0 Å². The number of unbranched alkanes of at least 4 members (excludes halogenated alkanes) is 5. The molecule has 0 bridgehead atoms. The van der Waals surface area contributed by atoms with Crippen molar-refractivity contribution in [3.05, 3.63) is 36.1 Å². The molecule has 0 saturated carbocycles. The van der Waals surface area contributed by atoms with Gasteiger partial charge in [0.05, 0.1) is 6.61 Å². The SMILES string of the molecule is C=C/C(O)=C\C=C(/C)C(O)OCCCCCCCCC(C)C. The third-order valence-corrected chi connectivity index (χ3v) is 3.57. The first-order valence-electron chi connectivity index (χ1n) is 8.47. The number of rotatable bonds is 13. The summed E-state index contributed by atoms with van der Waals surface area (Å²) in [6.45, 7) is 10.3. The Morgan fingerprint density at radius 3 is 2.23 bits per heavy atom. The fourth-order valence-electron chi connectivity index (χ4n) is 2.06. The highest BCUT2D eigenvalue weighted by Gasteiger charge is 2.05. The maximum atomic E-state index is 9.80. The van der Waals surface area contributed by atoms with Crippen molar-refractivity contribution < 1.29 is 14.9 Å². The van der Waals surface area contributed by atoms with E-state index >= 15 is 0 Å². The third kappa shape index (κ3) is 12.7. The van der Waals surface area contributed by atoms with E-state index in [1.54, 1.807) is 13.0 Å². The molecule has 3 nitrogen and oxygen atoms in total. The van der Waals surface area contributed by atoms with Gasteiger partial charge in [-0.15, -0.1) is 0 Å². The summed E-state index contributed by atoms with van der Waals surface area (Å²) < 4.78 is 5.38. The van der Waals surface area contributed by atoms with Crippen LogP contribution in [0.5, 0.6) is 0 Å². The van der Waals surface area contributed by atoms with Crippen LogP contribution in [0, 0.1) is 5.92 Å². The van der Waals surface area contributed by atoms with E-state index in [0.717, 1.165) is 18.8 Å². The second kappa shape index (κ2) is 13.6. The zero-order valence-electron chi connectivity index (χ0n) is 14.6. The largest absolute Gasteiger partial charge is 0.508 e. The summed E-state index contributed by atoms with van der Waals surface area (Å²) in [6.07, 6.45) is 12.2. The molecule has 0 fully saturated rings. The van der Waals surface area contributed by atoms with E-state index in [2.05, 4.69) is 20.4 Å². The molecule has 0 heterocycles. The highest BCUT2D eigenvalue weighted by molar-refractivity contribution is 5.19. The molecule has 0 amide bonds. The molecule has 0 spiro atoms. The predicted octanol–water partition coefficient (Wildman–Crippen LogP) is 5.28. The number of hydrogen-bond donors (Lipinski definition) is 2. The minimum atomic E-state index is -0.903. The van der Waals surface area contributed by atoms with Gasteiger partial charge in [0, 0.05) is 0 Å². The van der Waals surface area contributed by atoms with Crippen molar-refractivity contribution in [3.8, 4) is 0 Å². The molecule has 128 valence electrons. The molecular weight excluding hydrogens is 276 g/mol. The Hall–Kier alpha value is -1.06. The van der Waals surface area contributed by atoms with Crippen molar-refractivity contribution in [3.63, 3.8) is 0 Å². The van der Waals surface area contributed by atoms with Crippen LogP contribution in [0.15, 0.2) is 36.1 Å². The molecule has 0 rings (SSSR count).